The van der Waals surface area contributed by atoms with Crippen LogP contribution in [-0.4, -0.2) is 30.0 Å². The van der Waals surface area contributed by atoms with E-state index in [1.807, 2.05) is 62.4 Å². The van der Waals surface area contributed by atoms with Gasteiger partial charge in [0, 0.05) is 24.8 Å². The van der Waals surface area contributed by atoms with Gasteiger partial charge >= 0.3 is 5.97 Å². The van der Waals surface area contributed by atoms with E-state index < -0.39 is 5.97 Å². The highest BCUT2D eigenvalue weighted by Gasteiger charge is 2.34. The summed E-state index contributed by atoms with van der Waals surface area (Å²) in [7, 11) is 2.92. The van der Waals surface area contributed by atoms with Crippen LogP contribution in [0.3, 0.4) is 0 Å². The number of hydrogen-bond acceptors (Lipinski definition) is 5. The van der Waals surface area contributed by atoms with E-state index in [-0.39, 0.29) is 10.6 Å². The molecule has 3 aromatic carbocycles. The van der Waals surface area contributed by atoms with Gasteiger partial charge in [-0.1, -0.05) is 48.5 Å². The smallest absolute Gasteiger partial charge is 0.353 e. The highest BCUT2D eigenvalue weighted by atomic mass is 32.1. The molecule has 5 aromatic rings. The molecule has 0 unspecified atom stereocenters. The molecular weight excluding hydrogens is 490 g/mol. The van der Waals surface area contributed by atoms with Gasteiger partial charge in [-0.2, -0.15) is 0 Å². The monoisotopic (exact) mass is 514 g/mol. The maximum atomic E-state index is 12.7. The van der Waals surface area contributed by atoms with E-state index in [1.165, 1.54) is 17.1 Å². The molecule has 180 valence electrons. The Hall–Kier alpha value is -3.81. The van der Waals surface area contributed by atoms with E-state index in [1.54, 1.807) is 18.4 Å². The summed E-state index contributed by atoms with van der Waals surface area (Å²) in [6, 6.07) is 22.5. The molecule has 2 heterocycles. The number of aryl methyl sites for hydroxylation is 2. The van der Waals surface area contributed by atoms with Gasteiger partial charge in [0.2, 0.25) is 0 Å². The van der Waals surface area contributed by atoms with Gasteiger partial charge in [0.25, 0.3) is 5.69 Å². The predicted octanol–water partition coefficient (Wildman–Crippen LogP) is 8.33. The summed E-state index contributed by atoms with van der Waals surface area (Å²) in [6.07, 6.45) is 0. The number of carboxylic acid groups (broad SMARTS) is 1. The molecule has 0 radical (unpaired) electrons. The fourth-order valence-electron chi connectivity index (χ4n) is 4.64. The first-order valence-electron chi connectivity index (χ1n) is 11.3. The quantitative estimate of drug-likeness (QED) is 0.231. The van der Waals surface area contributed by atoms with Crippen molar-refractivity contribution >= 4 is 44.4 Å². The second-order valence-corrected chi connectivity index (χ2v) is 10.8. The third kappa shape index (κ3) is 4.10. The number of benzene rings is 3. The number of fused-ring (bicyclic) bond motifs is 1. The third-order valence-corrected chi connectivity index (χ3v) is 8.52. The number of ether oxygens (including phenoxy) is 1. The largest absolute Gasteiger partial charge is 0.496 e. The highest BCUT2D eigenvalue weighted by molar-refractivity contribution is 7.22. The maximum Gasteiger partial charge on any atom is 0.353 e. The van der Waals surface area contributed by atoms with Gasteiger partial charge in [-0.15, -0.1) is 22.7 Å². The van der Waals surface area contributed by atoms with Gasteiger partial charge in [-0.3, -0.25) is 0 Å². The van der Waals surface area contributed by atoms with Crippen LogP contribution in [0.15, 0.2) is 66.7 Å². The van der Waals surface area contributed by atoms with E-state index >= 15 is 0 Å². The van der Waals surface area contributed by atoms with E-state index in [0.717, 1.165) is 43.3 Å². The third-order valence-electron chi connectivity index (χ3n) is 6.14. The molecule has 0 saturated carbocycles. The predicted molar refractivity (Wildman–Crippen MR) is 148 cm³/mol. The number of nitroso groups, excluding NO2 is 1. The number of hydrogen-bond donors (Lipinski definition) is 1. The Morgan fingerprint density at radius 1 is 0.944 bits per heavy atom. The number of aromatic carboxylic acids is 1. The summed E-state index contributed by atoms with van der Waals surface area (Å²) >= 11 is 2.85. The molecule has 0 bridgehead atoms. The Labute approximate surface area is 216 Å². The first-order valence-corrected chi connectivity index (χ1v) is 13.0. The summed E-state index contributed by atoms with van der Waals surface area (Å²) in [5, 5.41) is 11.2. The molecule has 0 aliphatic heterocycles. The van der Waals surface area contributed by atoms with Crippen LogP contribution in [0.5, 0.6) is 5.75 Å². The average molecular weight is 515 g/mol. The minimum Gasteiger partial charge on any atom is -0.496 e. The fraction of sp³-hybridized carbons (Fsp3) is 0.138. The fourth-order valence-corrected chi connectivity index (χ4v) is 6.89. The standard InChI is InChI=1S/C29H23NO4S2/c1-16-13-17(2)26(34-4)21(14-16)24-25(30(3)33)28(29(31)32)36-27(24)19-11-9-18(10-12-19)23-15-20-7-5-6-8-22(20)35-23/h5-15H,1-4H3/p+1. The molecule has 5 rings (SSSR count). The average Bonchev–Trinajstić information content (AvgIpc) is 3.46. The lowest BCUT2D eigenvalue weighted by Crippen LogP contribution is -2.01. The second kappa shape index (κ2) is 9.33. The van der Waals surface area contributed by atoms with Gasteiger partial charge in [0.15, 0.2) is 11.9 Å². The van der Waals surface area contributed by atoms with E-state index in [2.05, 4.69) is 18.2 Å². The Kier molecular flexibility index (Phi) is 6.20. The molecule has 1 N–H and O–H groups in total. The minimum absolute atomic E-state index is 0.00675. The van der Waals surface area contributed by atoms with Gasteiger partial charge in [0.05, 0.1) is 17.6 Å². The van der Waals surface area contributed by atoms with Crippen molar-refractivity contribution in [2.45, 2.75) is 13.8 Å². The number of carbonyl (C=O) groups is 1. The van der Waals surface area contributed by atoms with Gasteiger partial charge in [-0.25, -0.2) is 4.79 Å². The normalized spacial score (nSPS) is 11.1. The first kappa shape index (κ1) is 23.9. The van der Waals surface area contributed by atoms with Crippen LogP contribution < -0.4 is 4.74 Å². The number of rotatable bonds is 6. The van der Waals surface area contributed by atoms with E-state index in [4.69, 9.17) is 4.74 Å². The molecule has 7 heteroatoms. The SMILES string of the molecule is COc1c(C)cc(C)cc1-c1c(-c2ccc(-c3cc4ccccc4s3)cc2)sc(C(=O)O)c1[N+](C)=O. The zero-order valence-corrected chi connectivity index (χ0v) is 21.9. The van der Waals surface area contributed by atoms with Crippen molar-refractivity contribution in [1.29, 1.82) is 0 Å². The van der Waals surface area contributed by atoms with Crippen LogP contribution in [-0.2, 0) is 0 Å². The van der Waals surface area contributed by atoms with E-state index in [0.29, 0.717) is 21.6 Å². The van der Waals surface area contributed by atoms with Crippen LogP contribution in [0.4, 0.5) is 5.69 Å². The lowest BCUT2D eigenvalue weighted by atomic mass is 9.95. The zero-order valence-electron chi connectivity index (χ0n) is 20.3. The Bertz CT molecular complexity index is 1610. The summed E-state index contributed by atoms with van der Waals surface area (Å²) in [4.78, 5) is 26.8. The van der Waals surface area contributed by atoms with Crippen molar-refractivity contribution in [3.63, 3.8) is 0 Å². The Morgan fingerprint density at radius 3 is 2.28 bits per heavy atom. The molecule has 0 aliphatic rings. The molecule has 0 aliphatic carbocycles. The Morgan fingerprint density at radius 2 is 1.64 bits per heavy atom. The zero-order chi connectivity index (χ0) is 25.6. The molecule has 36 heavy (non-hydrogen) atoms. The summed E-state index contributed by atoms with van der Waals surface area (Å²) in [6.45, 7) is 3.92. The number of carboxylic acids is 1. The van der Waals surface area contributed by atoms with Crippen LogP contribution in [0, 0.1) is 18.8 Å². The van der Waals surface area contributed by atoms with Crippen molar-refractivity contribution < 1.29 is 19.4 Å². The van der Waals surface area contributed by atoms with Crippen molar-refractivity contribution in [3.05, 3.63) is 87.6 Å². The first-order chi connectivity index (χ1) is 17.3. The molecule has 5 nitrogen and oxygen atoms in total. The van der Waals surface area contributed by atoms with Gasteiger partial charge in [0.1, 0.15) is 5.75 Å². The molecule has 2 aromatic heterocycles. The molecule has 0 spiro atoms. The lowest BCUT2D eigenvalue weighted by molar-refractivity contribution is -0.427. The molecule has 0 saturated heterocycles. The highest BCUT2D eigenvalue weighted by Crippen LogP contribution is 2.51. The van der Waals surface area contributed by atoms with Crippen molar-refractivity contribution in [3.8, 4) is 37.8 Å². The van der Waals surface area contributed by atoms with Gasteiger partial charge < -0.3 is 9.84 Å². The van der Waals surface area contributed by atoms with Crippen LogP contribution in [0.25, 0.3) is 42.1 Å². The van der Waals surface area contributed by atoms with Gasteiger partial charge in [-0.05, 0) is 59.7 Å². The molecule has 0 atom stereocenters. The van der Waals surface area contributed by atoms with Crippen LogP contribution in [0.2, 0.25) is 0 Å². The number of nitrogens with zero attached hydrogens (tertiary/aromatic N) is 1. The van der Waals surface area contributed by atoms with Crippen molar-refractivity contribution in [2.75, 3.05) is 14.2 Å². The number of methoxy groups -OCH3 is 1. The molecular formula is C29H24NO4S2+. The maximum absolute atomic E-state index is 12.7. The van der Waals surface area contributed by atoms with Crippen LogP contribution >= 0.6 is 22.7 Å². The van der Waals surface area contributed by atoms with Crippen molar-refractivity contribution in [2.24, 2.45) is 0 Å². The second-order valence-electron chi connectivity index (χ2n) is 8.67. The molecule has 0 amide bonds. The van der Waals surface area contributed by atoms with Crippen LogP contribution in [0.1, 0.15) is 20.8 Å². The minimum atomic E-state index is -1.13. The summed E-state index contributed by atoms with van der Waals surface area (Å²) in [5.41, 5.74) is 5.27. The lowest BCUT2D eigenvalue weighted by Gasteiger charge is -2.13. The summed E-state index contributed by atoms with van der Waals surface area (Å²) in [5.74, 6) is -0.503. The summed E-state index contributed by atoms with van der Waals surface area (Å²) < 4.78 is 7.59. The topological polar surface area (TPSA) is 66.6 Å². The molecule has 0 fully saturated rings. The Balaban J connectivity index is 1.72. The van der Waals surface area contributed by atoms with E-state index in [9.17, 15) is 14.8 Å². The number of thiophene rings is 2. The van der Waals surface area contributed by atoms with Crippen molar-refractivity contribution in [1.82, 2.24) is 0 Å².